The first-order valence-corrected chi connectivity index (χ1v) is 8.53. The van der Waals surface area contributed by atoms with E-state index in [0.29, 0.717) is 12.0 Å². The fourth-order valence-corrected chi connectivity index (χ4v) is 3.91. The first kappa shape index (κ1) is 15.0. The number of aromatic nitrogens is 2. The van der Waals surface area contributed by atoms with Gasteiger partial charge in [-0.05, 0) is 36.1 Å². The van der Waals surface area contributed by atoms with Crippen LogP contribution >= 0.6 is 22.6 Å². The van der Waals surface area contributed by atoms with Gasteiger partial charge in [0.15, 0.2) is 0 Å². The van der Waals surface area contributed by atoms with E-state index in [1.54, 1.807) is 19.4 Å². The van der Waals surface area contributed by atoms with Crippen molar-refractivity contribution in [3.8, 4) is 6.07 Å². The highest BCUT2D eigenvalue weighted by atomic mass is 127. The molecular weight excluding hydrogens is 391 g/mol. The van der Waals surface area contributed by atoms with Crippen molar-refractivity contribution in [2.75, 3.05) is 7.05 Å². The molecule has 5 nitrogen and oxygen atoms in total. The number of carbonyl (C=O) groups is 1. The van der Waals surface area contributed by atoms with E-state index in [2.05, 4.69) is 39.0 Å². The fourth-order valence-electron chi connectivity index (χ4n) is 3.27. The molecule has 0 radical (unpaired) electrons. The van der Waals surface area contributed by atoms with Crippen molar-refractivity contribution in [3.05, 3.63) is 53.1 Å². The van der Waals surface area contributed by atoms with Crippen molar-refractivity contribution in [2.45, 2.75) is 22.8 Å². The number of imidazole rings is 1. The van der Waals surface area contributed by atoms with Crippen molar-refractivity contribution < 1.29 is 4.79 Å². The van der Waals surface area contributed by atoms with E-state index in [9.17, 15) is 4.79 Å². The van der Waals surface area contributed by atoms with E-state index in [4.69, 9.17) is 5.26 Å². The molecule has 1 unspecified atom stereocenters. The average molecular weight is 406 g/mol. The predicted molar refractivity (Wildman–Crippen MR) is 90.6 cm³/mol. The third-order valence-corrected chi connectivity index (χ3v) is 5.12. The summed E-state index contributed by atoms with van der Waals surface area (Å²) in [6.45, 7) is 0. The Hall–Kier alpha value is -1.88. The van der Waals surface area contributed by atoms with Gasteiger partial charge in [-0.15, -0.1) is 0 Å². The van der Waals surface area contributed by atoms with Gasteiger partial charge >= 0.3 is 0 Å². The first-order valence-electron chi connectivity index (χ1n) is 7.00. The van der Waals surface area contributed by atoms with Gasteiger partial charge in [0, 0.05) is 23.4 Å². The lowest BCUT2D eigenvalue weighted by Gasteiger charge is -2.31. The maximum absolute atomic E-state index is 12.8. The lowest BCUT2D eigenvalue weighted by atomic mass is 9.83. The zero-order valence-electron chi connectivity index (χ0n) is 12.1. The number of nitrogens with zero attached hydrogens (tertiary/aromatic N) is 3. The Balaban J connectivity index is 2.26. The quantitative estimate of drug-likeness (QED) is 0.627. The van der Waals surface area contributed by atoms with Crippen LogP contribution in [0.5, 0.6) is 0 Å². The average Bonchev–Trinajstić information content (AvgIpc) is 3.16. The summed E-state index contributed by atoms with van der Waals surface area (Å²) >= 11 is 2.27. The standard InChI is InChI=1S/C16H15IN4O/c1-19-15(22)16(5-4-13-9-20-10-21(13)16)14-3-2-11(8-18)6-12(14)7-17/h2-3,6,9-10H,4-5,7H2,1H3,(H,19,22). The molecule has 0 fully saturated rings. The molecule has 1 aliphatic rings. The lowest BCUT2D eigenvalue weighted by Crippen LogP contribution is -2.47. The number of aryl methyl sites for hydroxylation is 1. The van der Waals surface area contributed by atoms with Gasteiger partial charge in [0.25, 0.3) is 5.91 Å². The highest BCUT2D eigenvalue weighted by molar-refractivity contribution is 14.1. The number of fused-ring (bicyclic) bond motifs is 1. The molecule has 2 heterocycles. The van der Waals surface area contributed by atoms with Gasteiger partial charge in [-0.25, -0.2) is 4.98 Å². The van der Waals surface area contributed by atoms with Crippen LogP contribution in [0.4, 0.5) is 0 Å². The molecule has 22 heavy (non-hydrogen) atoms. The molecule has 0 saturated carbocycles. The van der Waals surface area contributed by atoms with Crippen LogP contribution in [0.3, 0.4) is 0 Å². The molecule has 112 valence electrons. The van der Waals surface area contributed by atoms with Crippen molar-refractivity contribution in [1.29, 1.82) is 5.26 Å². The van der Waals surface area contributed by atoms with Crippen LogP contribution in [0.15, 0.2) is 30.7 Å². The lowest BCUT2D eigenvalue weighted by molar-refractivity contribution is -0.127. The molecule has 0 saturated heterocycles. The molecule has 0 aliphatic carbocycles. The topological polar surface area (TPSA) is 70.7 Å². The second kappa shape index (κ2) is 5.72. The van der Waals surface area contributed by atoms with Crippen molar-refractivity contribution >= 4 is 28.5 Å². The van der Waals surface area contributed by atoms with Crippen LogP contribution in [0.25, 0.3) is 0 Å². The summed E-state index contributed by atoms with van der Waals surface area (Å²) in [5.41, 5.74) is 2.88. The number of hydrogen-bond donors (Lipinski definition) is 1. The Morgan fingerprint density at radius 3 is 3.09 bits per heavy atom. The summed E-state index contributed by atoms with van der Waals surface area (Å²) in [7, 11) is 1.66. The van der Waals surface area contributed by atoms with Gasteiger partial charge in [0.1, 0.15) is 5.54 Å². The molecule has 1 aromatic carbocycles. The van der Waals surface area contributed by atoms with Gasteiger partial charge in [-0.1, -0.05) is 28.7 Å². The largest absolute Gasteiger partial charge is 0.357 e. The number of rotatable bonds is 3. The number of hydrogen-bond acceptors (Lipinski definition) is 3. The summed E-state index contributed by atoms with van der Waals surface area (Å²) in [5, 5.41) is 11.9. The third kappa shape index (κ3) is 2.03. The number of nitrogens with one attached hydrogen (secondary N) is 1. The Kier molecular flexibility index (Phi) is 3.91. The number of benzene rings is 1. The number of nitriles is 1. The number of carbonyl (C=O) groups excluding carboxylic acids is 1. The predicted octanol–water partition coefficient (Wildman–Crippen LogP) is 2.13. The van der Waals surface area contributed by atoms with Gasteiger partial charge in [0.05, 0.1) is 18.0 Å². The molecule has 1 aromatic heterocycles. The molecule has 1 aliphatic heterocycles. The molecule has 1 amide bonds. The highest BCUT2D eigenvalue weighted by Gasteiger charge is 2.47. The van der Waals surface area contributed by atoms with Crippen LogP contribution < -0.4 is 5.32 Å². The Morgan fingerprint density at radius 1 is 1.59 bits per heavy atom. The van der Waals surface area contributed by atoms with E-state index in [1.807, 2.05) is 22.9 Å². The smallest absolute Gasteiger partial charge is 0.250 e. The second-order valence-corrected chi connectivity index (χ2v) is 6.07. The molecule has 0 bridgehead atoms. The third-order valence-electron chi connectivity index (χ3n) is 4.30. The fraction of sp³-hybridized carbons (Fsp3) is 0.312. The van der Waals surface area contributed by atoms with Crippen LogP contribution in [-0.4, -0.2) is 22.5 Å². The summed E-state index contributed by atoms with van der Waals surface area (Å²) in [6.07, 6.45) is 5.07. The van der Waals surface area contributed by atoms with Crippen molar-refractivity contribution in [1.82, 2.24) is 14.9 Å². The number of likely N-dealkylation sites (N-methyl/N-ethyl adjacent to an activating group) is 1. The van der Waals surface area contributed by atoms with Crippen molar-refractivity contribution in [2.24, 2.45) is 0 Å². The zero-order valence-corrected chi connectivity index (χ0v) is 14.3. The minimum atomic E-state index is -0.769. The molecular formula is C16H15IN4O. The van der Waals surface area contributed by atoms with E-state index in [1.165, 1.54) is 0 Å². The number of amides is 1. The van der Waals surface area contributed by atoms with Gasteiger partial charge in [-0.2, -0.15) is 5.26 Å². The van der Waals surface area contributed by atoms with Gasteiger partial charge in [0.2, 0.25) is 0 Å². The summed E-state index contributed by atoms with van der Waals surface area (Å²) < 4.78 is 2.72. The normalized spacial score (nSPS) is 19.5. The molecule has 3 rings (SSSR count). The SMILES string of the molecule is CNC(=O)C1(c2ccc(C#N)cc2CI)CCc2cncn21. The molecule has 6 heteroatoms. The van der Waals surface area contributed by atoms with Gasteiger partial charge < -0.3 is 9.88 Å². The van der Waals surface area contributed by atoms with E-state index >= 15 is 0 Å². The number of halogens is 1. The van der Waals surface area contributed by atoms with E-state index in [0.717, 1.165) is 27.7 Å². The molecule has 2 aromatic rings. The van der Waals surface area contributed by atoms with Crippen LogP contribution in [0.1, 0.15) is 28.8 Å². The van der Waals surface area contributed by atoms with Gasteiger partial charge in [-0.3, -0.25) is 4.79 Å². The summed E-state index contributed by atoms with van der Waals surface area (Å²) in [4.78, 5) is 17.0. The first-order chi connectivity index (χ1) is 10.7. The Labute approximate surface area is 142 Å². The second-order valence-electron chi connectivity index (χ2n) is 5.31. The Morgan fingerprint density at radius 2 is 2.41 bits per heavy atom. The van der Waals surface area contributed by atoms with Crippen molar-refractivity contribution in [3.63, 3.8) is 0 Å². The highest BCUT2D eigenvalue weighted by Crippen LogP contribution is 2.40. The van der Waals surface area contributed by atoms with Crippen LogP contribution in [0.2, 0.25) is 0 Å². The minimum absolute atomic E-state index is 0.0416. The maximum Gasteiger partial charge on any atom is 0.250 e. The minimum Gasteiger partial charge on any atom is -0.357 e. The molecule has 1 atom stereocenters. The monoisotopic (exact) mass is 406 g/mol. The van der Waals surface area contributed by atoms with Crippen LogP contribution in [0, 0.1) is 11.3 Å². The molecule has 1 N–H and O–H groups in total. The van der Waals surface area contributed by atoms with E-state index in [-0.39, 0.29) is 5.91 Å². The van der Waals surface area contributed by atoms with E-state index < -0.39 is 5.54 Å². The summed E-state index contributed by atoms with van der Waals surface area (Å²) in [6, 6.07) is 7.74. The maximum atomic E-state index is 12.8. The molecule has 0 spiro atoms. The Bertz CT molecular complexity index is 777. The number of alkyl halides is 1. The van der Waals surface area contributed by atoms with Crippen LogP contribution in [-0.2, 0) is 21.2 Å². The zero-order chi connectivity index (χ0) is 15.7. The summed E-state index contributed by atoms with van der Waals surface area (Å²) in [5.74, 6) is -0.0416.